The number of amides is 4. The number of hydrogen-bond acceptors (Lipinski definition) is 8. The zero-order valence-electron chi connectivity index (χ0n) is 33.4. The van der Waals surface area contributed by atoms with E-state index in [4.69, 9.17) is 14.7 Å². The minimum atomic E-state index is -0.902. The summed E-state index contributed by atoms with van der Waals surface area (Å²) in [6.07, 6.45) is 0.305. The molecule has 14 nitrogen and oxygen atoms in total. The van der Waals surface area contributed by atoms with E-state index in [2.05, 4.69) is 80.8 Å². The molecule has 2 heterocycles. The van der Waals surface area contributed by atoms with Gasteiger partial charge in [-0.2, -0.15) is 0 Å². The van der Waals surface area contributed by atoms with Gasteiger partial charge in [0.2, 0.25) is 5.91 Å². The lowest BCUT2D eigenvalue weighted by Gasteiger charge is -2.27. The van der Waals surface area contributed by atoms with Crippen LogP contribution in [0.15, 0.2) is 91.0 Å². The van der Waals surface area contributed by atoms with Crippen molar-refractivity contribution in [3.05, 3.63) is 108 Å². The van der Waals surface area contributed by atoms with E-state index < -0.39 is 18.2 Å². The predicted octanol–water partition coefficient (Wildman–Crippen LogP) is 7.34. The maximum absolute atomic E-state index is 14.2. The zero-order chi connectivity index (χ0) is 41.2. The molecular formula is C45H46N8O6. The third-order valence-electron chi connectivity index (χ3n) is 11.0. The van der Waals surface area contributed by atoms with E-state index in [9.17, 15) is 19.2 Å². The van der Waals surface area contributed by atoms with Crippen molar-refractivity contribution >= 4 is 67.6 Å². The molecule has 2 aromatic heterocycles. The number of aromatic nitrogens is 4. The highest BCUT2D eigenvalue weighted by Gasteiger charge is 2.43. The Hall–Kier alpha value is -6.96. The van der Waals surface area contributed by atoms with Gasteiger partial charge in [0.15, 0.2) is 0 Å². The molecule has 14 heteroatoms. The Balaban J connectivity index is 1.03. The molecule has 0 spiro atoms. The lowest BCUT2D eigenvalue weighted by molar-refractivity contribution is -0.135. The molecule has 3 atom stereocenters. The Labute approximate surface area is 340 Å². The van der Waals surface area contributed by atoms with Crippen molar-refractivity contribution in [1.29, 1.82) is 0 Å². The number of nitrogens with zero attached hydrogens (tertiary/aromatic N) is 4. The molecule has 1 aliphatic rings. The van der Waals surface area contributed by atoms with Crippen LogP contribution in [-0.2, 0) is 32.2 Å². The second kappa shape index (κ2) is 16.5. The van der Waals surface area contributed by atoms with Crippen molar-refractivity contribution in [3.8, 4) is 11.1 Å². The van der Waals surface area contributed by atoms with Crippen LogP contribution in [0.25, 0.3) is 54.7 Å². The summed E-state index contributed by atoms with van der Waals surface area (Å²) in [5.74, 6) is 1.22. The lowest BCUT2D eigenvalue weighted by atomic mass is 9.98. The van der Waals surface area contributed by atoms with Gasteiger partial charge < -0.3 is 39.9 Å². The SMILES string of the molecule is CCCN(Cc1nc2c(ccc3cc(-c4ccc5c(ccc6[nH]c(CN(C(=O)[C@H](NC(=O)OC)c7ccccc7)[C@@H]7C[C@@H]7C)nc65)c4)ccc32)[nH]1)C(=O)CNC(=O)OC. The van der Waals surface area contributed by atoms with Crippen LogP contribution in [0.3, 0.4) is 0 Å². The van der Waals surface area contributed by atoms with Crippen LogP contribution in [0.1, 0.15) is 49.9 Å². The average Bonchev–Trinajstić information content (AvgIpc) is 3.61. The summed E-state index contributed by atoms with van der Waals surface area (Å²) in [5.41, 5.74) is 6.17. The number of benzene rings is 5. The first-order chi connectivity index (χ1) is 28.6. The van der Waals surface area contributed by atoms with Gasteiger partial charge in [0, 0.05) is 23.4 Å². The van der Waals surface area contributed by atoms with E-state index in [-0.39, 0.29) is 37.5 Å². The summed E-state index contributed by atoms with van der Waals surface area (Å²) in [7, 11) is 2.55. The minimum Gasteiger partial charge on any atom is -0.453 e. The van der Waals surface area contributed by atoms with Gasteiger partial charge in [-0.15, -0.1) is 0 Å². The van der Waals surface area contributed by atoms with Gasteiger partial charge in [-0.05, 0) is 70.5 Å². The van der Waals surface area contributed by atoms with Gasteiger partial charge in [0.1, 0.15) is 24.2 Å². The number of aromatic amines is 2. The van der Waals surface area contributed by atoms with Gasteiger partial charge in [-0.25, -0.2) is 19.6 Å². The summed E-state index contributed by atoms with van der Waals surface area (Å²) in [5, 5.41) is 9.25. The molecule has 1 saturated carbocycles. The van der Waals surface area contributed by atoms with E-state index in [1.165, 1.54) is 14.2 Å². The minimum absolute atomic E-state index is 0.0313. The molecule has 0 radical (unpaired) electrons. The van der Waals surface area contributed by atoms with Crippen molar-refractivity contribution in [2.24, 2.45) is 5.92 Å². The fourth-order valence-electron chi connectivity index (χ4n) is 7.82. The summed E-state index contributed by atoms with van der Waals surface area (Å²) < 4.78 is 9.47. The van der Waals surface area contributed by atoms with Gasteiger partial charge >= 0.3 is 12.2 Å². The Morgan fingerprint density at radius 2 is 1.36 bits per heavy atom. The van der Waals surface area contributed by atoms with Gasteiger partial charge in [0.05, 0.1) is 49.4 Å². The molecule has 0 unspecified atom stereocenters. The Morgan fingerprint density at radius 1 is 0.780 bits per heavy atom. The molecule has 1 aliphatic carbocycles. The van der Waals surface area contributed by atoms with Crippen LogP contribution in [-0.4, -0.2) is 87.1 Å². The van der Waals surface area contributed by atoms with Crippen LogP contribution in [0.4, 0.5) is 9.59 Å². The second-order valence-electron chi connectivity index (χ2n) is 15.0. The number of alkyl carbamates (subject to hydrolysis) is 2. The maximum Gasteiger partial charge on any atom is 0.407 e. The molecule has 7 aromatic rings. The van der Waals surface area contributed by atoms with E-state index in [0.29, 0.717) is 29.7 Å². The molecular weight excluding hydrogens is 749 g/mol. The third-order valence-corrected chi connectivity index (χ3v) is 11.0. The third kappa shape index (κ3) is 8.11. The zero-order valence-corrected chi connectivity index (χ0v) is 33.4. The van der Waals surface area contributed by atoms with Gasteiger partial charge in [-0.1, -0.05) is 80.6 Å². The van der Waals surface area contributed by atoms with E-state index >= 15 is 0 Å². The van der Waals surface area contributed by atoms with Crippen LogP contribution in [0.2, 0.25) is 0 Å². The van der Waals surface area contributed by atoms with Crippen molar-refractivity contribution in [2.45, 2.75) is 51.9 Å². The number of imidazole rings is 2. The molecule has 1 fully saturated rings. The smallest absolute Gasteiger partial charge is 0.407 e. The Bertz CT molecular complexity index is 2710. The highest BCUT2D eigenvalue weighted by molar-refractivity contribution is 6.07. The van der Waals surface area contributed by atoms with Crippen LogP contribution < -0.4 is 10.6 Å². The molecule has 5 aromatic carbocycles. The number of hydrogen-bond donors (Lipinski definition) is 4. The highest BCUT2D eigenvalue weighted by Crippen LogP contribution is 2.38. The fraction of sp³-hybridized carbons (Fsp3) is 0.289. The summed E-state index contributed by atoms with van der Waals surface area (Å²) in [6.45, 7) is 5.02. The number of rotatable bonds is 13. The Kier molecular flexibility index (Phi) is 10.9. The molecule has 59 heavy (non-hydrogen) atoms. The quantitative estimate of drug-likeness (QED) is 0.0938. The van der Waals surface area contributed by atoms with Gasteiger partial charge in [-0.3, -0.25) is 9.59 Å². The molecule has 8 rings (SSSR count). The number of fused-ring (bicyclic) bond motifs is 6. The summed E-state index contributed by atoms with van der Waals surface area (Å²) in [6, 6.07) is 29.2. The van der Waals surface area contributed by atoms with E-state index in [1.54, 1.807) is 4.90 Å². The number of H-pyrrole nitrogens is 2. The van der Waals surface area contributed by atoms with E-state index in [0.717, 1.165) is 67.6 Å². The number of carbonyl (C=O) groups excluding carboxylic acids is 4. The monoisotopic (exact) mass is 794 g/mol. The number of nitrogens with one attached hydrogen (secondary N) is 4. The van der Waals surface area contributed by atoms with Crippen molar-refractivity contribution < 1.29 is 28.7 Å². The van der Waals surface area contributed by atoms with Gasteiger partial charge in [0.25, 0.3) is 5.91 Å². The summed E-state index contributed by atoms with van der Waals surface area (Å²) in [4.78, 5) is 71.2. The number of carbonyl (C=O) groups is 4. The van der Waals surface area contributed by atoms with Crippen LogP contribution in [0.5, 0.6) is 0 Å². The standard InChI is InChI=1S/C45H46N8O6/c1-5-19-52(39(54)23-46-44(56)58-3)24-37-47-34-17-13-30-21-28(11-15-32(30)41(34)49-37)29-12-16-33-31(22-29)14-18-35-42(33)50-38(48-35)25-53(36-20-26(36)2)43(55)40(51-45(57)59-4)27-9-7-6-8-10-27/h6-18,21-22,26,36,40H,5,19-20,23-25H2,1-4H3,(H,46,56)(H,47,49)(H,48,50)(H,51,57)/t26-,36+,40+/m0/s1. The first-order valence-electron chi connectivity index (χ1n) is 19.8. The molecule has 4 amide bonds. The predicted molar refractivity (Wildman–Crippen MR) is 225 cm³/mol. The largest absolute Gasteiger partial charge is 0.453 e. The molecule has 0 aliphatic heterocycles. The topological polar surface area (TPSA) is 175 Å². The van der Waals surface area contributed by atoms with Crippen LogP contribution in [0, 0.1) is 5.92 Å². The first kappa shape index (κ1) is 38.9. The van der Waals surface area contributed by atoms with Crippen LogP contribution >= 0.6 is 0 Å². The normalized spacial score (nSPS) is 15.3. The second-order valence-corrected chi connectivity index (χ2v) is 15.0. The number of ether oxygens (including phenoxy) is 2. The Morgan fingerprint density at radius 3 is 1.90 bits per heavy atom. The fourth-order valence-corrected chi connectivity index (χ4v) is 7.82. The van der Waals surface area contributed by atoms with Crippen molar-refractivity contribution in [2.75, 3.05) is 27.3 Å². The molecule has 4 N–H and O–H groups in total. The average molecular weight is 795 g/mol. The van der Waals surface area contributed by atoms with Crippen molar-refractivity contribution in [1.82, 2.24) is 40.4 Å². The maximum atomic E-state index is 14.2. The molecule has 0 saturated heterocycles. The van der Waals surface area contributed by atoms with Crippen molar-refractivity contribution in [3.63, 3.8) is 0 Å². The molecule has 302 valence electrons. The lowest BCUT2D eigenvalue weighted by Crippen LogP contribution is -2.44. The highest BCUT2D eigenvalue weighted by atomic mass is 16.5. The first-order valence-corrected chi connectivity index (χ1v) is 19.8. The number of methoxy groups -OCH3 is 2. The summed E-state index contributed by atoms with van der Waals surface area (Å²) >= 11 is 0. The molecule has 0 bridgehead atoms. The van der Waals surface area contributed by atoms with E-state index in [1.807, 2.05) is 54.3 Å².